The number of aryl methyl sites for hydroxylation is 1. The Kier molecular flexibility index (Phi) is 9.14. The van der Waals surface area contributed by atoms with Crippen molar-refractivity contribution in [3.05, 3.63) is 107 Å². The summed E-state index contributed by atoms with van der Waals surface area (Å²) in [4.78, 5) is 28.9. The highest BCUT2D eigenvalue weighted by Gasteiger charge is 2.48. The first-order valence-electron chi connectivity index (χ1n) is 14.9. The van der Waals surface area contributed by atoms with E-state index in [1.165, 1.54) is 33.6 Å². The molecular weight excluding hydrogens is 623 g/mol. The summed E-state index contributed by atoms with van der Waals surface area (Å²) in [6.45, 7) is 10.2. The van der Waals surface area contributed by atoms with E-state index in [0.717, 1.165) is 16.9 Å². The molecule has 1 fully saturated rings. The third-order valence-corrected chi connectivity index (χ3v) is 9.77. The number of ketones is 1. The van der Waals surface area contributed by atoms with Crippen molar-refractivity contribution in [3.8, 4) is 17.2 Å². The normalized spacial score (nSPS) is 18.4. The van der Waals surface area contributed by atoms with Crippen molar-refractivity contribution in [2.45, 2.75) is 49.4 Å². The fourth-order valence-electron chi connectivity index (χ4n) is 5.49. The van der Waals surface area contributed by atoms with Gasteiger partial charge in [0.25, 0.3) is 5.78 Å². The van der Waals surface area contributed by atoms with E-state index in [0.29, 0.717) is 45.7 Å². The van der Waals surface area contributed by atoms with E-state index in [2.05, 4.69) is 41.0 Å². The first-order valence-corrected chi connectivity index (χ1v) is 16.7. The zero-order chi connectivity index (χ0) is 32.4. The van der Waals surface area contributed by atoms with E-state index in [1.807, 2.05) is 20.8 Å². The van der Waals surface area contributed by atoms with Crippen LogP contribution in [0.3, 0.4) is 0 Å². The molecule has 0 bridgehead atoms. The number of aromatic nitrogens is 2. The minimum Gasteiger partial charge on any atom is -0.507 e. The Morgan fingerprint density at radius 1 is 1.11 bits per heavy atom. The molecule has 9 nitrogen and oxygen atoms in total. The van der Waals surface area contributed by atoms with Gasteiger partial charge in [0.05, 0.1) is 18.2 Å². The van der Waals surface area contributed by atoms with Crippen molar-refractivity contribution < 1.29 is 28.9 Å². The molecule has 11 heteroatoms. The number of fused-ring (bicyclic) bond motifs is 1. The molecule has 4 aromatic rings. The van der Waals surface area contributed by atoms with Gasteiger partial charge in [-0.2, -0.15) is 0 Å². The van der Waals surface area contributed by atoms with Gasteiger partial charge in [-0.1, -0.05) is 71.6 Å². The average Bonchev–Trinajstić information content (AvgIpc) is 3.74. The van der Waals surface area contributed by atoms with Gasteiger partial charge < -0.3 is 19.3 Å². The van der Waals surface area contributed by atoms with Crippen molar-refractivity contribution in [3.63, 3.8) is 0 Å². The number of nitrogens with zero attached hydrogens (tertiary/aromatic N) is 3. The number of rotatable bonds is 11. The monoisotopic (exact) mass is 655 g/mol. The molecule has 1 saturated heterocycles. The Balaban J connectivity index is 1.42. The second-order valence-electron chi connectivity index (χ2n) is 11.0. The number of aliphatic hydroxyl groups is 1. The molecule has 2 atom stereocenters. The standard InChI is InChI=1S/C35H33N3O6S2/c1-5-15-43-27-14-11-23(18-28(27)42-6-2)30-29(31(39)24-12-13-26-25(17-24)16-21(4)44-26)32(40)33(41)38(30)34-36-37-35(46-34)45-19-22-9-7-20(3)8-10-22/h5,7-14,17-18,21,30,39H,1,6,15-16,19H2,2-4H3/b31-29+/t21-,30+/m1/s1. The lowest BCUT2D eigenvalue weighted by Gasteiger charge is -2.23. The molecule has 2 aliphatic rings. The zero-order valence-corrected chi connectivity index (χ0v) is 27.3. The maximum absolute atomic E-state index is 13.8. The number of ether oxygens (including phenoxy) is 3. The Hall–Kier alpha value is -4.61. The average molecular weight is 656 g/mol. The lowest BCUT2D eigenvalue weighted by Crippen LogP contribution is -2.29. The third-order valence-electron chi connectivity index (χ3n) is 7.64. The van der Waals surface area contributed by atoms with E-state index in [-0.39, 0.29) is 29.2 Å². The summed E-state index contributed by atoms with van der Waals surface area (Å²) in [6, 6.07) is 17.7. The fourth-order valence-corrected chi connectivity index (χ4v) is 7.31. The van der Waals surface area contributed by atoms with Gasteiger partial charge in [0.2, 0.25) is 5.13 Å². The minimum absolute atomic E-state index is 0.00672. The topological polar surface area (TPSA) is 111 Å². The van der Waals surface area contributed by atoms with Crippen LogP contribution >= 0.6 is 23.1 Å². The van der Waals surface area contributed by atoms with Crippen LogP contribution in [0.2, 0.25) is 0 Å². The molecule has 0 saturated carbocycles. The molecule has 3 aromatic carbocycles. The smallest absolute Gasteiger partial charge is 0.301 e. The van der Waals surface area contributed by atoms with Gasteiger partial charge in [-0.05, 0) is 67.8 Å². The van der Waals surface area contributed by atoms with Gasteiger partial charge in [-0.15, -0.1) is 10.2 Å². The van der Waals surface area contributed by atoms with Gasteiger partial charge >= 0.3 is 5.91 Å². The predicted octanol–water partition coefficient (Wildman–Crippen LogP) is 7.05. The number of Topliss-reactive ketones (excluding diaryl/α,β-unsaturated/α-hetero) is 1. The third kappa shape index (κ3) is 6.25. The van der Waals surface area contributed by atoms with Crippen molar-refractivity contribution in [1.82, 2.24) is 10.2 Å². The number of carbonyl (C=O) groups excluding carboxylic acids is 2. The predicted molar refractivity (Wildman–Crippen MR) is 179 cm³/mol. The largest absolute Gasteiger partial charge is 0.507 e. The van der Waals surface area contributed by atoms with E-state index in [9.17, 15) is 14.7 Å². The molecule has 6 rings (SSSR count). The summed E-state index contributed by atoms with van der Waals surface area (Å²) in [7, 11) is 0. The summed E-state index contributed by atoms with van der Waals surface area (Å²) < 4.78 is 18.1. The van der Waals surface area contributed by atoms with Gasteiger partial charge in [0.1, 0.15) is 24.2 Å². The molecule has 46 heavy (non-hydrogen) atoms. The van der Waals surface area contributed by atoms with Crippen LogP contribution in [-0.4, -0.2) is 46.3 Å². The van der Waals surface area contributed by atoms with Crippen molar-refractivity contribution in [2.75, 3.05) is 18.1 Å². The number of amides is 1. The number of carbonyl (C=O) groups is 2. The summed E-state index contributed by atoms with van der Waals surface area (Å²) in [6.07, 6.45) is 2.31. The van der Waals surface area contributed by atoms with E-state index >= 15 is 0 Å². The molecular formula is C35H33N3O6S2. The Labute approximate surface area is 275 Å². The molecule has 1 N–H and O–H groups in total. The number of anilines is 1. The van der Waals surface area contributed by atoms with Crippen LogP contribution in [0.5, 0.6) is 17.2 Å². The van der Waals surface area contributed by atoms with Crippen LogP contribution in [0.25, 0.3) is 5.76 Å². The van der Waals surface area contributed by atoms with Gasteiger partial charge in [0.15, 0.2) is 15.8 Å². The lowest BCUT2D eigenvalue weighted by molar-refractivity contribution is -0.132. The molecule has 2 aliphatic heterocycles. The second kappa shape index (κ2) is 13.4. The highest BCUT2D eigenvalue weighted by molar-refractivity contribution is 8.00. The maximum Gasteiger partial charge on any atom is 0.301 e. The van der Waals surface area contributed by atoms with Gasteiger partial charge in [0, 0.05) is 17.7 Å². The second-order valence-corrected chi connectivity index (χ2v) is 13.2. The van der Waals surface area contributed by atoms with Gasteiger partial charge in [-0.25, -0.2) is 0 Å². The highest BCUT2D eigenvalue weighted by Crippen LogP contribution is 2.46. The van der Waals surface area contributed by atoms with Crippen molar-refractivity contribution in [1.29, 1.82) is 0 Å². The number of benzene rings is 3. The summed E-state index contributed by atoms with van der Waals surface area (Å²) in [5.74, 6) is 0.423. The summed E-state index contributed by atoms with van der Waals surface area (Å²) in [5, 5.41) is 20.6. The molecule has 236 valence electrons. The molecule has 0 aliphatic carbocycles. The molecule has 1 amide bonds. The summed E-state index contributed by atoms with van der Waals surface area (Å²) in [5.41, 5.74) is 4.13. The van der Waals surface area contributed by atoms with Crippen LogP contribution in [0.15, 0.2) is 83.2 Å². The van der Waals surface area contributed by atoms with Crippen LogP contribution in [0, 0.1) is 6.92 Å². The SMILES string of the molecule is C=CCOc1ccc([C@H]2/C(=C(\O)c3ccc4c(c3)C[C@@H](C)O4)C(=O)C(=O)N2c2nnc(SCc3ccc(C)cc3)s2)cc1OCC. The number of thioether (sulfide) groups is 1. The molecule has 1 aromatic heterocycles. The maximum atomic E-state index is 13.8. The van der Waals surface area contributed by atoms with E-state index in [1.54, 1.807) is 42.5 Å². The molecule has 0 unspecified atom stereocenters. The number of hydrogen-bond acceptors (Lipinski definition) is 10. The Morgan fingerprint density at radius 3 is 2.67 bits per heavy atom. The summed E-state index contributed by atoms with van der Waals surface area (Å²) >= 11 is 2.71. The van der Waals surface area contributed by atoms with Crippen LogP contribution in [0.4, 0.5) is 5.13 Å². The van der Waals surface area contributed by atoms with Crippen molar-refractivity contribution >= 4 is 45.7 Å². The number of aliphatic hydroxyl groups excluding tert-OH is 1. The lowest BCUT2D eigenvalue weighted by atomic mass is 9.94. The van der Waals surface area contributed by atoms with Crippen LogP contribution < -0.4 is 19.1 Å². The quantitative estimate of drug-likeness (QED) is 0.0454. The highest BCUT2D eigenvalue weighted by atomic mass is 32.2. The first-order chi connectivity index (χ1) is 22.3. The van der Waals surface area contributed by atoms with Crippen LogP contribution in [-0.2, 0) is 21.8 Å². The van der Waals surface area contributed by atoms with E-state index < -0.39 is 17.7 Å². The van der Waals surface area contributed by atoms with Crippen molar-refractivity contribution in [2.24, 2.45) is 0 Å². The fraction of sp³-hybridized carbons (Fsp3) is 0.257. The Bertz CT molecular complexity index is 1830. The molecule has 0 spiro atoms. The Morgan fingerprint density at radius 2 is 1.91 bits per heavy atom. The van der Waals surface area contributed by atoms with E-state index in [4.69, 9.17) is 14.2 Å². The zero-order valence-electron chi connectivity index (χ0n) is 25.7. The van der Waals surface area contributed by atoms with Crippen LogP contribution in [0.1, 0.15) is 47.7 Å². The first kappa shape index (κ1) is 31.4. The molecule has 0 radical (unpaired) electrons. The van der Waals surface area contributed by atoms with Gasteiger partial charge in [-0.3, -0.25) is 14.5 Å². The minimum atomic E-state index is -1.00. The molecule has 3 heterocycles. The number of hydrogen-bond donors (Lipinski definition) is 1.